The van der Waals surface area contributed by atoms with Gasteiger partial charge >= 0.3 is 6.04 Å². The van der Waals surface area contributed by atoms with E-state index in [0.29, 0.717) is 23.4 Å². The number of hydrogen-bond acceptors (Lipinski definition) is 4. The monoisotopic (exact) mass is 472 g/mol. The number of fused-ring (bicyclic) bond motifs is 2. The Balaban J connectivity index is 1.36. The third-order valence-electron chi connectivity index (χ3n) is 7.03. The summed E-state index contributed by atoms with van der Waals surface area (Å²) in [6.45, 7) is 8.77. The molecule has 2 heterocycles. The summed E-state index contributed by atoms with van der Waals surface area (Å²) in [4.78, 5) is 15.7. The number of benzene rings is 2. The van der Waals surface area contributed by atoms with E-state index in [9.17, 15) is 9.18 Å². The lowest BCUT2D eigenvalue weighted by Gasteiger charge is -2.36. The summed E-state index contributed by atoms with van der Waals surface area (Å²) in [6.07, 6.45) is 2.41. The Hall–Kier alpha value is -2.47. The van der Waals surface area contributed by atoms with Gasteiger partial charge in [0.2, 0.25) is 5.91 Å². The molecule has 1 aliphatic carbocycles. The number of nitrogens with zero attached hydrogens (tertiary/aromatic N) is 1. The normalized spacial score (nSPS) is 24.5. The van der Waals surface area contributed by atoms with Gasteiger partial charge in [0.05, 0.1) is 5.41 Å². The quantitative estimate of drug-likeness (QED) is 0.560. The summed E-state index contributed by atoms with van der Waals surface area (Å²) in [7, 11) is 0. The number of halogens is 2. The highest BCUT2D eigenvalue weighted by atomic mass is 35.5. The molecule has 0 saturated heterocycles. The SMILES string of the molecule is CC1(F)Oc2ccc(C3(C(=O)Nc4ccc5c(c4)CC(C(C)(C)C)N5CCCl)CC3)cc2O1. The number of ether oxygens (including phenoxy) is 2. The van der Waals surface area contributed by atoms with Gasteiger partial charge in [-0.05, 0) is 66.1 Å². The number of nitrogens with one attached hydrogen (secondary N) is 1. The van der Waals surface area contributed by atoms with Crippen LogP contribution in [0.1, 0.15) is 51.7 Å². The molecule has 5 nitrogen and oxygen atoms in total. The molecule has 0 aromatic heterocycles. The standard InChI is InChI=1S/C26H30ClFN2O3/c1-24(2,3)22-14-16-13-18(6-7-19(16)30(22)12-11-27)29-23(31)26(9-10-26)17-5-8-20-21(15-17)33-25(4,28)32-20/h5-8,13,15,22H,9-12,14H2,1-4H3,(H,29,31). The minimum atomic E-state index is -2.17. The maximum Gasteiger partial charge on any atom is 0.404 e. The lowest BCUT2D eigenvalue weighted by atomic mass is 9.84. The summed E-state index contributed by atoms with van der Waals surface area (Å²) in [5, 5.41) is 3.13. The zero-order valence-electron chi connectivity index (χ0n) is 19.5. The molecule has 7 heteroatoms. The molecule has 0 bridgehead atoms. The fourth-order valence-electron chi connectivity index (χ4n) is 5.14. The van der Waals surface area contributed by atoms with E-state index in [1.165, 1.54) is 18.2 Å². The predicted molar refractivity (Wildman–Crippen MR) is 128 cm³/mol. The lowest BCUT2D eigenvalue weighted by molar-refractivity contribution is -0.173. The molecule has 2 unspecified atom stereocenters. The third kappa shape index (κ3) is 3.92. The first-order chi connectivity index (χ1) is 15.5. The van der Waals surface area contributed by atoms with Gasteiger partial charge in [-0.3, -0.25) is 4.79 Å². The number of carbonyl (C=O) groups excluding carboxylic acids is 1. The molecule has 2 aromatic carbocycles. The number of carbonyl (C=O) groups is 1. The van der Waals surface area contributed by atoms with Gasteiger partial charge in [-0.2, -0.15) is 4.39 Å². The number of rotatable bonds is 5. The van der Waals surface area contributed by atoms with Gasteiger partial charge < -0.3 is 19.7 Å². The molecule has 33 heavy (non-hydrogen) atoms. The van der Waals surface area contributed by atoms with E-state index in [2.05, 4.69) is 43.1 Å². The van der Waals surface area contributed by atoms with E-state index in [4.69, 9.17) is 21.1 Å². The Morgan fingerprint density at radius 2 is 1.91 bits per heavy atom. The summed E-state index contributed by atoms with van der Waals surface area (Å²) in [5.74, 6) is 1.21. The van der Waals surface area contributed by atoms with Crippen LogP contribution in [0.5, 0.6) is 11.5 Å². The molecule has 2 atom stereocenters. The predicted octanol–water partition coefficient (Wildman–Crippen LogP) is 5.79. The second-order valence-electron chi connectivity index (χ2n) is 10.5. The Kier molecular flexibility index (Phi) is 5.09. The molecule has 1 saturated carbocycles. The van der Waals surface area contributed by atoms with E-state index in [1.807, 2.05) is 12.1 Å². The van der Waals surface area contributed by atoms with Crippen LogP contribution in [-0.2, 0) is 16.6 Å². The first-order valence-electron chi connectivity index (χ1n) is 11.5. The minimum Gasteiger partial charge on any atom is -0.423 e. The highest BCUT2D eigenvalue weighted by molar-refractivity contribution is 6.18. The molecule has 2 aromatic rings. The first-order valence-corrected chi connectivity index (χ1v) is 12.0. The first kappa shape index (κ1) is 22.3. The van der Waals surface area contributed by atoms with Crippen LogP contribution in [0.3, 0.4) is 0 Å². The average Bonchev–Trinajstić information content (AvgIpc) is 3.37. The van der Waals surface area contributed by atoms with Gasteiger partial charge in [0.1, 0.15) is 0 Å². The summed E-state index contributed by atoms with van der Waals surface area (Å²) in [6, 6.07) is 9.57. The largest absolute Gasteiger partial charge is 0.423 e. The maximum absolute atomic E-state index is 14.0. The second-order valence-corrected chi connectivity index (χ2v) is 10.9. The molecule has 3 aliphatic rings. The van der Waals surface area contributed by atoms with Gasteiger partial charge in [-0.1, -0.05) is 26.8 Å². The minimum absolute atomic E-state index is 0.0488. The van der Waals surface area contributed by atoms with Crippen molar-refractivity contribution in [3.05, 3.63) is 47.5 Å². The second kappa shape index (κ2) is 7.52. The van der Waals surface area contributed by atoms with Crippen molar-refractivity contribution in [3.63, 3.8) is 0 Å². The molecule has 0 spiro atoms. The topological polar surface area (TPSA) is 50.8 Å². The highest BCUT2D eigenvalue weighted by Gasteiger charge is 2.52. The molecule has 1 N–H and O–H groups in total. The molecule has 2 aliphatic heterocycles. The Morgan fingerprint density at radius 1 is 1.18 bits per heavy atom. The molecule has 5 rings (SSSR count). The summed E-state index contributed by atoms with van der Waals surface area (Å²) in [5.41, 5.74) is 3.53. The lowest BCUT2D eigenvalue weighted by Crippen LogP contribution is -2.42. The Bertz CT molecular complexity index is 1110. The third-order valence-corrected chi connectivity index (χ3v) is 7.20. The van der Waals surface area contributed by atoms with Crippen LogP contribution in [0, 0.1) is 5.41 Å². The summed E-state index contributed by atoms with van der Waals surface area (Å²) >= 11 is 6.09. The number of hydrogen-bond donors (Lipinski definition) is 1. The van der Waals surface area contributed by atoms with E-state index < -0.39 is 11.5 Å². The van der Waals surface area contributed by atoms with Crippen LogP contribution in [0.25, 0.3) is 0 Å². The molecular formula is C26H30ClFN2O3. The van der Waals surface area contributed by atoms with Crippen LogP contribution in [0.15, 0.2) is 36.4 Å². The van der Waals surface area contributed by atoms with Crippen molar-refractivity contribution in [2.75, 3.05) is 22.6 Å². The zero-order chi connectivity index (χ0) is 23.6. The van der Waals surface area contributed by atoms with E-state index in [0.717, 1.165) is 37.1 Å². The smallest absolute Gasteiger partial charge is 0.404 e. The summed E-state index contributed by atoms with van der Waals surface area (Å²) < 4.78 is 24.4. The number of alkyl halides is 2. The zero-order valence-corrected chi connectivity index (χ0v) is 20.3. The van der Waals surface area contributed by atoms with Crippen molar-refractivity contribution in [2.45, 2.75) is 64.5 Å². The van der Waals surface area contributed by atoms with E-state index >= 15 is 0 Å². The van der Waals surface area contributed by atoms with Crippen molar-refractivity contribution in [1.82, 2.24) is 0 Å². The molecule has 1 fully saturated rings. The van der Waals surface area contributed by atoms with E-state index in [-0.39, 0.29) is 11.3 Å². The van der Waals surface area contributed by atoms with Crippen molar-refractivity contribution < 1.29 is 18.7 Å². The molecule has 1 amide bonds. The van der Waals surface area contributed by atoms with Crippen LogP contribution in [0.4, 0.5) is 15.8 Å². The van der Waals surface area contributed by atoms with Crippen LogP contribution in [0.2, 0.25) is 0 Å². The molecule has 176 valence electrons. The van der Waals surface area contributed by atoms with Gasteiger partial charge in [-0.15, -0.1) is 11.6 Å². The number of amides is 1. The van der Waals surface area contributed by atoms with E-state index in [1.54, 1.807) is 12.1 Å². The highest BCUT2D eigenvalue weighted by Crippen LogP contribution is 2.52. The van der Waals surface area contributed by atoms with Gasteiger partial charge in [0, 0.05) is 36.8 Å². The molecular weight excluding hydrogens is 443 g/mol. The Morgan fingerprint density at radius 3 is 2.58 bits per heavy atom. The van der Waals surface area contributed by atoms with Crippen LogP contribution >= 0.6 is 11.6 Å². The fourth-order valence-corrected chi connectivity index (χ4v) is 5.32. The van der Waals surface area contributed by atoms with Crippen molar-refractivity contribution in [2.24, 2.45) is 5.41 Å². The maximum atomic E-state index is 14.0. The van der Waals surface area contributed by atoms with Gasteiger partial charge in [-0.25, -0.2) is 0 Å². The fraction of sp³-hybridized carbons (Fsp3) is 0.500. The molecule has 0 radical (unpaired) electrons. The number of anilines is 2. The van der Waals surface area contributed by atoms with Crippen molar-refractivity contribution >= 4 is 28.9 Å². The van der Waals surface area contributed by atoms with Crippen molar-refractivity contribution in [1.29, 1.82) is 0 Å². The van der Waals surface area contributed by atoms with Gasteiger partial charge in [0.15, 0.2) is 11.5 Å². The average molecular weight is 473 g/mol. The van der Waals surface area contributed by atoms with Gasteiger partial charge in [0.25, 0.3) is 0 Å². The van der Waals surface area contributed by atoms with Crippen LogP contribution < -0.4 is 19.7 Å². The van der Waals surface area contributed by atoms with Crippen LogP contribution in [-0.4, -0.2) is 30.4 Å². The van der Waals surface area contributed by atoms with Crippen molar-refractivity contribution in [3.8, 4) is 11.5 Å². The Labute approximate surface area is 199 Å².